The molecule has 0 aliphatic carbocycles. The highest BCUT2D eigenvalue weighted by Gasteiger charge is 2.45. The molecule has 0 fully saturated rings. The molecule has 48 heavy (non-hydrogen) atoms. The van der Waals surface area contributed by atoms with E-state index in [0.29, 0.717) is 60.9 Å². The largest absolute Gasteiger partial charge is 0.493 e. The number of amides is 2. The van der Waals surface area contributed by atoms with Crippen molar-refractivity contribution in [3.8, 4) is 5.75 Å². The Balaban J connectivity index is 0.00000312. The van der Waals surface area contributed by atoms with Gasteiger partial charge in [-0.25, -0.2) is 0 Å². The first-order chi connectivity index (χ1) is 22.0. The fourth-order valence-electron chi connectivity index (χ4n) is 6.17. The third kappa shape index (κ3) is 8.05. The third-order valence-corrected chi connectivity index (χ3v) is 8.73. The van der Waals surface area contributed by atoms with Crippen molar-refractivity contribution >= 4 is 59.0 Å². The van der Waals surface area contributed by atoms with E-state index in [4.69, 9.17) is 9.15 Å². The minimum Gasteiger partial charge on any atom is -0.493 e. The summed E-state index contributed by atoms with van der Waals surface area (Å²) >= 11 is 0. The smallest absolute Gasteiger partial charge is 0.261 e. The summed E-state index contributed by atoms with van der Waals surface area (Å²) < 4.78 is 13.6. The summed E-state index contributed by atoms with van der Waals surface area (Å²) in [6.45, 7) is 12.9. The van der Waals surface area contributed by atoms with E-state index in [1.807, 2.05) is 50.4 Å². The molecule has 4 aromatic rings. The molecule has 260 valence electrons. The number of ether oxygens (including phenoxy) is 1. The lowest BCUT2D eigenvalue weighted by Crippen LogP contribution is -2.47. The number of furan rings is 1. The molecule has 10 nitrogen and oxygen atoms in total. The molecule has 2 amide bonds. The van der Waals surface area contributed by atoms with Gasteiger partial charge in [-0.05, 0) is 76.4 Å². The first-order valence-corrected chi connectivity index (χ1v) is 16.2. The van der Waals surface area contributed by atoms with Crippen LogP contribution in [0.5, 0.6) is 5.75 Å². The average Bonchev–Trinajstić information content (AvgIpc) is 3.42. The third-order valence-electron chi connectivity index (χ3n) is 8.73. The van der Waals surface area contributed by atoms with Crippen molar-refractivity contribution in [1.82, 2.24) is 14.5 Å². The normalized spacial score (nSPS) is 14.1. The van der Waals surface area contributed by atoms with Gasteiger partial charge in [-0.15, -0.1) is 24.8 Å². The molecule has 0 saturated carbocycles. The van der Waals surface area contributed by atoms with Crippen LogP contribution in [0.2, 0.25) is 0 Å². The number of aryl methyl sites for hydroxylation is 2. The number of fused-ring (bicyclic) bond motifs is 2. The molecule has 0 unspecified atom stereocenters. The van der Waals surface area contributed by atoms with Crippen LogP contribution >= 0.6 is 24.8 Å². The number of hydrogen-bond donors (Lipinski definition) is 0. The molecular formula is C36H47Cl2N5O5. The summed E-state index contributed by atoms with van der Waals surface area (Å²) in [6.07, 6.45) is 6.32. The lowest BCUT2D eigenvalue weighted by molar-refractivity contribution is -0.137. The number of carbonyl (C=O) groups is 2. The Bertz CT molecular complexity index is 1790. The van der Waals surface area contributed by atoms with Crippen molar-refractivity contribution in [2.75, 3.05) is 43.1 Å². The van der Waals surface area contributed by atoms with Gasteiger partial charge in [0.1, 0.15) is 22.5 Å². The van der Waals surface area contributed by atoms with Gasteiger partial charge in [0.2, 0.25) is 11.8 Å². The number of nitrogens with zero attached hydrogens (tertiary/aromatic N) is 5. The van der Waals surface area contributed by atoms with Gasteiger partial charge >= 0.3 is 0 Å². The van der Waals surface area contributed by atoms with Crippen LogP contribution in [0.4, 0.5) is 11.4 Å². The highest BCUT2D eigenvalue weighted by Crippen LogP contribution is 2.40. The Hall–Kier alpha value is -3.86. The monoisotopic (exact) mass is 699 g/mol. The van der Waals surface area contributed by atoms with Crippen LogP contribution in [0.3, 0.4) is 0 Å². The summed E-state index contributed by atoms with van der Waals surface area (Å²) in [5.41, 5.74) is 3.04. The minimum absolute atomic E-state index is 0. The number of aromatic nitrogens is 2. The zero-order valence-electron chi connectivity index (χ0n) is 28.7. The average molecular weight is 701 g/mol. The summed E-state index contributed by atoms with van der Waals surface area (Å²) in [4.78, 5) is 49.8. The highest BCUT2D eigenvalue weighted by atomic mass is 35.5. The summed E-state index contributed by atoms with van der Waals surface area (Å²) in [7, 11) is 1.71. The van der Waals surface area contributed by atoms with E-state index in [9.17, 15) is 14.4 Å². The van der Waals surface area contributed by atoms with E-state index >= 15 is 0 Å². The van der Waals surface area contributed by atoms with Crippen LogP contribution in [0.25, 0.3) is 11.0 Å². The van der Waals surface area contributed by atoms with Crippen molar-refractivity contribution in [2.45, 2.75) is 67.0 Å². The lowest BCUT2D eigenvalue weighted by Gasteiger charge is -2.27. The summed E-state index contributed by atoms with van der Waals surface area (Å²) in [6, 6.07) is 13.3. The Morgan fingerprint density at radius 1 is 0.979 bits per heavy atom. The van der Waals surface area contributed by atoms with Gasteiger partial charge in [0, 0.05) is 63.9 Å². The summed E-state index contributed by atoms with van der Waals surface area (Å²) in [5, 5.41) is 0.598. The van der Waals surface area contributed by atoms with E-state index in [1.165, 1.54) is 5.56 Å². The molecule has 0 N–H and O–H groups in total. The second-order valence-corrected chi connectivity index (χ2v) is 12.5. The van der Waals surface area contributed by atoms with Crippen molar-refractivity contribution in [2.24, 2.45) is 5.41 Å². The highest BCUT2D eigenvalue weighted by molar-refractivity contribution is 6.20. The topological polar surface area (TPSA) is 101 Å². The number of halogens is 2. The number of benzene rings is 1. The predicted molar refractivity (Wildman–Crippen MR) is 195 cm³/mol. The fraction of sp³-hybridized carbons (Fsp3) is 0.444. The molecule has 12 heteroatoms. The molecule has 1 aliphatic heterocycles. The van der Waals surface area contributed by atoms with Crippen molar-refractivity contribution in [3.63, 3.8) is 0 Å². The lowest BCUT2D eigenvalue weighted by atomic mass is 9.90. The van der Waals surface area contributed by atoms with Gasteiger partial charge in [-0.2, -0.15) is 0 Å². The van der Waals surface area contributed by atoms with Crippen molar-refractivity contribution in [1.29, 1.82) is 0 Å². The maximum Gasteiger partial charge on any atom is 0.261 e. The molecule has 0 radical (unpaired) electrons. The van der Waals surface area contributed by atoms with E-state index < -0.39 is 5.41 Å². The van der Waals surface area contributed by atoms with Gasteiger partial charge in [0.25, 0.3) is 5.56 Å². The van der Waals surface area contributed by atoms with Gasteiger partial charge < -0.3 is 23.5 Å². The SMILES string of the molecule is CCCc1ncccc1CN(CCCOc1ccc2c(c1)N(C)C(=O)C(C)(C)C(=O)N2CC)CCn1ccc2oc(C)cc2c1=O.Cl.Cl. The second kappa shape index (κ2) is 16.5. The van der Waals surface area contributed by atoms with Gasteiger partial charge in [0.05, 0.1) is 23.4 Å². The van der Waals surface area contributed by atoms with E-state index in [-0.39, 0.29) is 42.2 Å². The molecule has 3 aromatic heterocycles. The minimum atomic E-state index is -1.16. The van der Waals surface area contributed by atoms with Crippen LogP contribution < -0.4 is 20.1 Å². The van der Waals surface area contributed by atoms with Gasteiger partial charge in [0.15, 0.2) is 0 Å². The number of pyridine rings is 2. The zero-order valence-corrected chi connectivity index (χ0v) is 30.3. The van der Waals surface area contributed by atoms with Gasteiger partial charge in [-0.3, -0.25) is 24.3 Å². The predicted octanol–water partition coefficient (Wildman–Crippen LogP) is 6.42. The van der Waals surface area contributed by atoms with Crippen molar-refractivity contribution < 1.29 is 18.7 Å². The van der Waals surface area contributed by atoms with Crippen LogP contribution in [0.15, 0.2) is 64.1 Å². The molecule has 4 heterocycles. The van der Waals surface area contributed by atoms with Crippen molar-refractivity contribution in [3.05, 3.63) is 82.2 Å². The van der Waals surface area contributed by atoms with E-state index in [1.54, 1.807) is 47.5 Å². The number of hydrogen-bond acceptors (Lipinski definition) is 7. The Morgan fingerprint density at radius 2 is 1.75 bits per heavy atom. The molecular weight excluding hydrogens is 653 g/mol. The van der Waals surface area contributed by atoms with Crippen LogP contribution in [-0.2, 0) is 29.1 Å². The Labute approximate surface area is 294 Å². The second-order valence-electron chi connectivity index (χ2n) is 12.5. The number of rotatable bonds is 13. The van der Waals surface area contributed by atoms with Gasteiger partial charge in [-0.1, -0.05) is 19.4 Å². The first-order valence-electron chi connectivity index (χ1n) is 16.2. The molecule has 0 bridgehead atoms. The maximum absolute atomic E-state index is 13.2. The van der Waals surface area contributed by atoms with E-state index in [2.05, 4.69) is 22.9 Å². The molecule has 0 atom stereocenters. The maximum atomic E-state index is 13.2. The summed E-state index contributed by atoms with van der Waals surface area (Å²) in [5.74, 6) is 0.902. The van der Waals surface area contributed by atoms with Crippen LogP contribution in [-0.4, -0.2) is 59.6 Å². The number of anilines is 2. The fourth-order valence-corrected chi connectivity index (χ4v) is 6.17. The van der Waals surface area contributed by atoms with E-state index in [0.717, 1.165) is 37.3 Å². The Morgan fingerprint density at radius 3 is 2.48 bits per heavy atom. The molecule has 0 saturated heterocycles. The first kappa shape index (κ1) is 38.6. The quantitative estimate of drug-likeness (QED) is 0.117. The zero-order chi connectivity index (χ0) is 33.0. The molecule has 0 spiro atoms. The standard InChI is InChI=1S/C36H45N5O5.2ClH/c1-7-11-29-26(12-9-16-37-29)24-39(19-20-40-18-15-32-28(33(40)42)22-25(3)46-32)17-10-21-45-27-13-14-30-31(23-27)38(6)34(43)36(4,5)35(44)41(30)8-2;;/h9,12-16,18,22-23H,7-8,10-11,17,19-21,24H2,1-6H3;2*1H. The van der Waals surface area contributed by atoms with Crippen LogP contribution in [0, 0.1) is 12.3 Å². The van der Waals surface area contributed by atoms with Crippen LogP contribution in [0.1, 0.15) is 57.6 Å². The molecule has 5 rings (SSSR count). The number of carbonyl (C=O) groups excluding carboxylic acids is 2. The Kier molecular flexibility index (Phi) is 13.3. The molecule has 1 aliphatic rings. The molecule has 1 aromatic carbocycles.